The number of anilines is 1. The van der Waals surface area contributed by atoms with Gasteiger partial charge < -0.3 is 15.4 Å². The second-order valence-corrected chi connectivity index (χ2v) is 7.46. The lowest BCUT2D eigenvalue weighted by Crippen LogP contribution is -2.28. The first-order valence-electron chi connectivity index (χ1n) is 8.30. The molecule has 1 fully saturated rings. The Bertz CT molecular complexity index is 946. The van der Waals surface area contributed by atoms with Gasteiger partial charge in [0.05, 0.1) is 11.4 Å². The number of nitrogens with one attached hydrogen (secondary N) is 2. The van der Waals surface area contributed by atoms with Gasteiger partial charge in [-0.1, -0.05) is 35.5 Å². The van der Waals surface area contributed by atoms with Gasteiger partial charge in [0, 0.05) is 18.4 Å². The highest BCUT2D eigenvalue weighted by molar-refractivity contribution is 8.15. The van der Waals surface area contributed by atoms with Crippen molar-refractivity contribution in [3.05, 3.63) is 53.6 Å². The molecule has 2 N–H and O–H groups in total. The molecule has 144 valence electrons. The van der Waals surface area contributed by atoms with Crippen LogP contribution in [0.3, 0.4) is 0 Å². The molecule has 9 heteroatoms. The van der Waals surface area contributed by atoms with Crippen LogP contribution < -0.4 is 15.4 Å². The molecular formula is C19H16ClN3O4S. The maximum atomic E-state index is 12.4. The smallest absolute Gasteiger partial charge is 0.308 e. The highest BCUT2D eigenvalue weighted by atomic mass is 35.5. The van der Waals surface area contributed by atoms with Crippen LogP contribution in [-0.2, 0) is 14.4 Å². The molecule has 2 aromatic carbocycles. The van der Waals surface area contributed by atoms with E-state index in [1.807, 2.05) is 0 Å². The van der Waals surface area contributed by atoms with Gasteiger partial charge in [0.25, 0.3) is 0 Å². The van der Waals surface area contributed by atoms with Crippen LogP contribution in [0.1, 0.15) is 13.3 Å². The van der Waals surface area contributed by atoms with E-state index in [1.165, 1.54) is 18.7 Å². The predicted molar refractivity (Wildman–Crippen MR) is 109 cm³/mol. The second-order valence-electron chi connectivity index (χ2n) is 5.83. The highest BCUT2D eigenvalue weighted by Gasteiger charge is 2.32. The summed E-state index contributed by atoms with van der Waals surface area (Å²) in [5.41, 5.74) is 1.01. The zero-order valence-electron chi connectivity index (χ0n) is 14.8. The van der Waals surface area contributed by atoms with Crippen LogP contribution in [0.5, 0.6) is 5.75 Å². The van der Waals surface area contributed by atoms with Crippen molar-refractivity contribution in [1.29, 1.82) is 0 Å². The number of para-hydroxylation sites is 2. The number of amides is 2. The number of esters is 1. The highest BCUT2D eigenvalue weighted by Crippen LogP contribution is 2.28. The first-order chi connectivity index (χ1) is 13.4. The van der Waals surface area contributed by atoms with E-state index in [2.05, 4.69) is 15.6 Å². The van der Waals surface area contributed by atoms with Crippen LogP contribution in [0.4, 0.5) is 11.4 Å². The van der Waals surface area contributed by atoms with Crippen molar-refractivity contribution < 1.29 is 19.1 Å². The summed E-state index contributed by atoms with van der Waals surface area (Å²) in [6.45, 7) is 1.28. The molecule has 0 saturated carbocycles. The standard InChI is InChI=1S/C19H16ClN3O4S/c1-11(24)27-15-5-3-2-4-14(15)22-17(25)10-16-18(26)23-19(28-16)21-13-8-6-12(20)7-9-13/h2-9,16H,10H2,1H3,(H,22,25)(H,21,23,26)/t16-/m0/s1. The van der Waals surface area contributed by atoms with Gasteiger partial charge in [0.1, 0.15) is 5.25 Å². The first kappa shape index (κ1) is 19.9. The van der Waals surface area contributed by atoms with E-state index in [1.54, 1.807) is 48.5 Å². The Morgan fingerprint density at radius 2 is 1.93 bits per heavy atom. The van der Waals surface area contributed by atoms with Crippen molar-refractivity contribution in [2.45, 2.75) is 18.6 Å². The molecule has 0 aromatic heterocycles. The molecule has 1 heterocycles. The fraction of sp³-hybridized carbons (Fsp3) is 0.158. The largest absolute Gasteiger partial charge is 0.424 e. The molecule has 1 atom stereocenters. The molecule has 1 saturated heterocycles. The molecule has 28 heavy (non-hydrogen) atoms. The van der Waals surface area contributed by atoms with Gasteiger partial charge >= 0.3 is 5.97 Å². The Hall–Kier alpha value is -2.84. The van der Waals surface area contributed by atoms with Crippen molar-refractivity contribution in [2.24, 2.45) is 4.99 Å². The number of benzene rings is 2. The number of nitrogens with zero attached hydrogens (tertiary/aromatic N) is 1. The number of amidine groups is 1. The molecule has 2 amide bonds. The summed E-state index contributed by atoms with van der Waals surface area (Å²) in [4.78, 5) is 40.0. The third-order valence-corrected chi connectivity index (χ3v) is 4.95. The second kappa shape index (κ2) is 8.90. The van der Waals surface area contributed by atoms with E-state index in [0.717, 1.165) is 0 Å². The van der Waals surface area contributed by atoms with Crippen LogP contribution in [0.15, 0.2) is 53.5 Å². The Labute approximate surface area is 170 Å². The Morgan fingerprint density at radius 3 is 2.64 bits per heavy atom. The fourth-order valence-electron chi connectivity index (χ4n) is 2.41. The minimum Gasteiger partial charge on any atom is -0.424 e. The number of carbonyl (C=O) groups is 3. The molecule has 7 nitrogen and oxygen atoms in total. The minimum absolute atomic E-state index is 0.0510. The molecule has 1 aliphatic heterocycles. The molecule has 1 aliphatic rings. The molecule has 2 aromatic rings. The summed E-state index contributed by atoms with van der Waals surface area (Å²) < 4.78 is 5.06. The van der Waals surface area contributed by atoms with Gasteiger partial charge in [-0.3, -0.25) is 14.4 Å². The molecule has 0 radical (unpaired) electrons. The minimum atomic E-state index is -0.605. The van der Waals surface area contributed by atoms with Crippen LogP contribution >= 0.6 is 23.4 Å². The third-order valence-electron chi connectivity index (χ3n) is 3.62. The van der Waals surface area contributed by atoms with Crippen LogP contribution in [0, 0.1) is 0 Å². The lowest BCUT2D eigenvalue weighted by Gasteiger charge is -2.11. The summed E-state index contributed by atoms with van der Waals surface area (Å²) >= 11 is 7.02. The lowest BCUT2D eigenvalue weighted by molar-refractivity contribution is -0.132. The van der Waals surface area contributed by atoms with Crippen molar-refractivity contribution in [3.63, 3.8) is 0 Å². The number of hydrogen-bond acceptors (Lipinski definition) is 6. The Kier molecular flexibility index (Phi) is 6.33. The Morgan fingerprint density at radius 1 is 1.21 bits per heavy atom. The summed E-state index contributed by atoms with van der Waals surface area (Å²) in [6, 6.07) is 13.4. The molecule has 3 rings (SSSR count). The van der Waals surface area contributed by atoms with E-state index in [4.69, 9.17) is 16.3 Å². The van der Waals surface area contributed by atoms with E-state index in [9.17, 15) is 14.4 Å². The van der Waals surface area contributed by atoms with Crippen LogP contribution in [-0.4, -0.2) is 28.2 Å². The number of halogens is 1. The number of carbonyl (C=O) groups excluding carboxylic acids is 3. The van der Waals surface area contributed by atoms with Crippen molar-refractivity contribution in [2.75, 3.05) is 5.32 Å². The number of hydrogen-bond donors (Lipinski definition) is 2. The van der Waals surface area contributed by atoms with Crippen LogP contribution in [0.2, 0.25) is 5.02 Å². The average Bonchev–Trinajstić information content (AvgIpc) is 2.97. The first-order valence-corrected chi connectivity index (χ1v) is 9.55. The maximum absolute atomic E-state index is 12.4. The maximum Gasteiger partial charge on any atom is 0.308 e. The number of thioether (sulfide) groups is 1. The Balaban J connectivity index is 1.63. The van der Waals surface area contributed by atoms with E-state index in [0.29, 0.717) is 21.6 Å². The van der Waals surface area contributed by atoms with Gasteiger partial charge in [-0.25, -0.2) is 4.99 Å². The van der Waals surface area contributed by atoms with E-state index >= 15 is 0 Å². The molecule has 0 spiro atoms. The van der Waals surface area contributed by atoms with Crippen molar-refractivity contribution in [1.82, 2.24) is 5.32 Å². The molecule has 0 aliphatic carbocycles. The normalized spacial score (nSPS) is 17.3. The monoisotopic (exact) mass is 417 g/mol. The van der Waals surface area contributed by atoms with E-state index < -0.39 is 11.2 Å². The summed E-state index contributed by atoms with van der Waals surface area (Å²) in [5, 5.41) is 5.75. The van der Waals surface area contributed by atoms with Crippen molar-refractivity contribution in [3.8, 4) is 5.75 Å². The zero-order chi connectivity index (χ0) is 20.1. The molecule has 0 unspecified atom stereocenters. The third kappa shape index (κ3) is 5.34. The summed E-state index contributed by atoms with van der Waals surface area (Å²) in [5.74, 6) is -0.909. The number of ether oxygens (including phenoxy) is 1. The SMILES string of the molecule is CC(=O)Oc1ccccc1NC(=O)C[C@@H]1SC(=Nc2ccc(Cl)cc2)NC1=O. The fourth-order valence-corrected chi connectivity index (χ4v) is 3.52. The van der Waals surface area contributed by atoms with Gasteiger partial charge in [-0.2, -0.15) is 0 Å². The average molecular weight is 418 g/mol. The van der Waals surface area contributed by atoms with Gasteiger partial charge in [0.2, 0.25) is 11.8 Å². The molecule has 0 bridgehead atoms. The van der Waals surface area contributed by atoms with Gasteiger partial charge in [-0.15, -0.1) is 0 Å². The number of aliphatic imine (C=N–C) groups is 1. The van der Waals surface area contributed by atoms with Gasteiger partial charge in [-0.05, 0) is 36.4 Å². The number of rotatable bonds is 5. The summed E-state index contributed by atoms with van der Waals surface area (Å²) in [6.07, 6.45) is -0.0510. The van der Waals surface area contributed by atoms with E-state index in [-0.39, 0.29) is 24.0 Å². The summed E-state index contributed by atoms with van der Waals surface area (Å²) in [7, 11) is 0. The topological polar surface area (TPSA) is 96.9 Å². The quantitative estimate of drug-likeness (QED) is 0.573. The van der Waals surface area contributed by atoms with Crippen LogP contribution in [0.25, 0.3) is 0 Å². The van der Waals surface area contributed by atoms with Gasteiger partial charge in [0.15, 0.2) is 10.9 Å². The molecular weight excluding hydrogens is 402 g/mol. The van der Waals surface area contributed by atoms with Crippen molar-refractivity contribution >= 4 is 57.7 Å². The zero-order valence-corrected chi connectivity index (χ0v) is 16.3. The predicted octanol–water partition coefficient (Wildman–Crippen LogP) is 3.51. The lowest BCUT2D eigenvalue weighted by atomic mass is 10.2.